The van der Waals surface area contributed by atoms with E-state index in [2.05, 4.69) is 0 Å². The number of benzene rings is 4. The lowest BCUT2D eigenvalue weighted by molar-refractivity contribution is -0.137. The van der Waals surface area contributed by atoms with Crippen LogP contribution in [0.25, 0.3) is 16.5 Å². The molecule has 180 valence electrons. The van der Waals surface area contributed by atoms with Crippen molar-refractivity contribution in [3.8, 4) is 5.75 Å². The Morgan fingerprint density at radius 1 is 0.833 bits per heavy atom. The van der Waals surface area contributed by atoms with Gasteiger partial charge in [-0.1, -0.05) is 54.6 Å². The number of anilines is 1. The first-order valence-corrected chi connectivity index (χ1v) is 10.9. The second kappa shape index (κ2) is 8.57. The Morgan fingerprint density at radius 2 is 1.50 bits per heavy atom. The van der Waals surface area contributed by atoms with Crippen LogP contribution in [0.2, 0.25) is 0 Å². The number of phenolic OH excluding ortho intramolecular Hbond substituents is 1. The summed E-state index contributed by atoms with van der Waals surface area (Å²) in [6.45, 7) is 0. The van der Waals surface area contributed by atoms with E-state index < -0.39 is 35.2 Å². The molecule has 2 N–H and O–H groups in total. The number of alkyl halides is 3. The number of carbonyl (C=O) groups is 2. The van der Waals surface area contributed by atoms with E-state index in [4.69, 9.17) is 0 Å². The zero-order valence-electron chi connectivity index (χ0n) is 18.5. The van der Waals surface area contributed by atoms with Crippen LogP contribution in [0.5, 0.6) is 5.75 Å². The molecule has 1 aliphatic rings. The van der Waals surface area contributed by atoms with Crippen molar-refractivity contribution in [3.05, 3.63) is 113 Å². The van der Waals surface area contributed by atoms with Crippen LogP contribution in [-0.4, -0.2) is 21.9 Å². The van der Waals surface area contributed by atoms with Gasteiger partial charge >= 0.3 is 6.18 Å². The van der Waals surface area contributed by atoms with Crippen LogP contribution >= 0.6 is 0 Å². The molecular formula is C28H18F3NO4. The highest BCUT2D eigenvalue weighted by atomic mass is 19.4. The van der Waals surface area contributed by atoms with Crippen LogP contribution in [0.4, 0.5) is 18.9 Å². The van der Waals surface area contributed by atoms with Gasteiger partial charge in [0.15, 0.2) is 0 Å². The van der Waals surface area contributed by atoms with E-state index in [9.17, 15) is 33.0 Å². The number of hydrogen-bond donors (Lipinski definition) is 2. The molecule has 0 saturated carbocycles. The monoisotopic (exact) mass is 489 g/mol. The van der Waals surface area contributed by atoms with Gasteiger partial charge in [0.05, 0.1) is 17.2 Å². The predicted octanol–water partition coefficient (Wildman–Crippen LogP) is 6.19. The minimum atomic E-state index is -4.58. The second-order valence-corrected chi connectivity index (χ2v) is 8.34. The number of aliphatic hydroxyl groups is 1. The zero-order valence-corrected chi connectivity index (χ0v) is 18.5. The highest BCUT2D eigenvalue weighted by Crippen LogP contribution is 2.44. The van der Waals surface area contributed by atoms with Crippen molar-refractivity contribution >= 4 is 33.9 Å². The number of rotatable bonds is 3. The number of aromatic hydroxyl groups is 1. The van der Waals surface area contributed by atoms with Gasteiger partial charge in [0.25, 0.3) is 11.7 Å². The molecule has 1 unspecified atom stereocenters. The molecule has 0 radical (unpaired) electrons. The topological polar surface area (TPSA) is 77.8 Å². The summed E-state index contributed by atoms with van der Waals surface area (Å²) in [6, 6.07) is 20.8. The first-order chi connectivity index (χ1) is 17.2. The Labute approximate surface area is 203 Å². The second-order valence-electron chi connectivity index (χ2n) is 8.34. The lowest BCUT2D eigenvalue weighted by Crippen LogP contribution is -2.29. The lowest BCUT2D eigenvalue weighted by Gasteiger charge is -2.26. The molecule has 5 nitrogen and oxygen atoms in total. The predicted molar refractivity (Wildman–Crippen MR) is 128 cm³/mol. The molecule has 4 aromatic rings. The van der Waals surface area contributed by atoms with Crippen molar-refractivity contribution in [2.75, 3.05) is 4.90 Å². The van der Waals surface area contributed by atoms with Gasteiger partial charge in [-0.25, -0.2) is 0 Å². The summed E-state index contributed by atoms with van der Waals surface area (Å²) in [4.78, 5) is 27.5. The van der Waals surface area contributed by atoms with Crippen molar-refractivity contribution in [1.82, 2.24) is 0 Å². The molecule has 1 saturated heterocycles. The summed E-state index contributed by atoms with van der Waals surface area (Å²) >= 11 is 0. The largest absolute Gasteiger partial charge is 0.508 e. The van der Waals surface area contributed by atoms with Crippen molar-refractivity contribution < 1.29 is 33.0 Å². The quantitative estimate of drug-likeness (QED) is 0.204. The molecule has 1 amide bonds. The van der Waals surface area contributed by atoms with Crippen LogP contribution in [0.1, 0.15) is 22.7 Å². The number of ketones is 1. The Balaban J connectivity index is 1.74. The first-order valence-electron chi connectivity index (χ1n) is 10.9. The van der Waals surface area contributed by atoms with Crippen molar-refractivity contribution in [1.29, 1.82) is 0 Å². The Bertz CT molecular complexity index is 1540. The highest BCUT2D eigenvalue weighted by Gasteiger charge is 2.47. The number of amides is 1. The number of nitrogens with zero attached hydrogens (tertiary/aromatic N) is 1. The van der Waals surface area contributed by atoms with E-state index in [1.807, 2.05) is 18.2 Å². The molecular weight excluding hydrogens is 471 g/mol. The van der Waals surface area contributed by atoms with Gasteiger partial charge < -0.3 is 10.2 Å². The van der Waals surface area contributed by atoms with Crippen LogP contribution in [0, 0.1) is 0 Å². The standard InChI is InChI=1S/C28H18F3NO4/c29-28(30,31)18-11-13-19(14-12-18)32-24(17-7-3-8-20(33)15-17)23(26(35)27(32)36)25(34)22-10-4-6-16-5-1-2-9-21(16)22/h1-15,24,33-34H/b25-23-. The molecule has 0 bridgehead atoms. The van der Waals surface area contributed by atoms with Crippen LogP contribution < -0.4 is 4.90 Å². The third kappa shape index (κ3) is 3.86. The molecule has 1 fully saturated rings. The number of Topliss-reactive ketones (excluding diaryl/α,β-unsaturated/α-hetero) is 1. The average molecular weight is 489 g/mol. The first kappa shape index (κ1) is 23.2. The number of fused-ring (bicyclic) bond motifs is 1. The van der Waals surface area contributed by atoms with Crippen LogP contribution in [0.3, 0.4) is 0 Å². The van der Waals surface area contributed by atoms with Gasteiger partial charge in [-0.3, -0.25) is 14.5 Å². The van der Waals surface area contributed by atoms with E-state index in [-0.39, 0.29) is 17.0 Å². The molecule has 4 aromatic carbocycles. The molecule has 1 atom stereocenters. The van der Waals surface area contributed by atoms with E-state index in [1.54, 1.807) is 30.3 Å². The fourth-order valence-electron chi connectivity index (χ4n) is 4.50. The number of carbonyl (C=O) groups excluding carboxylic acids is 2. The van der Waals surface area contributed by atoms with Gasteiger partial charge in [0, 0.05) is 11.3 Å². The normalized spacial score (nSPS) is 17.6. The minimum Gasteiger partial charge on any atom is -0.508 e. The number of halogens is 3. The van der Waals surface area contributed by atoms with Gasteiger partial charge in [-0.15, -0.1) is 0 Å². The van der Waals surface area contributed by atoms with E-state index >= 15 is 0 Å². The van der Waals surface area contributed by atoms with Crippen molar-refractivity contribution in [3.63, 3.8) is 0 Å². The molecule has 0 aromatic heterocycles. The number of hydrogen-bond acceptors (Lipinski definition) is 4. The van der Waals surface area contributed by atoms with Gasteiger partial charge in [-0.2, -0.15) is 13.2 Å². The summed E-state index contributed by atoms with van der Waals surface area (Å²) in [5.41, 5.74) is -0.482. The molecule has 0 spiro atoms. The Kier molecular flexibility index (Phi) is 5.51. The maximum atomic E-state index is 13.3. The minimum absolute atomic E-state index is 0.0374. The van der Waals surface area contributed by atoms with Crippen LogP contribution in [0.15, 0.2) is 96.6 Å². The third-order valence-corrected chi connectivity index (χ3v) is 6.15. The summed E-state index contributed by atoms with van der Waals surface area (Å²) in [7, 11) is 0. The van der Waals surface area contributed by atoms with E-state index in [1.165, 1.54) is 18.2 Å². The maximum Gasteiger partial charge on any atom is 0.416 e. The number of phenols is 1. The smallest absolute Gasteiger partial charge is 0.416 e. The molecule has 8 heteroatoms. The summed E-state index contributed by atoms with van der Waals surface area (Å²) in [5.74, 6) is -2.57. The molecule has 1 heterocycles. The fourth-order valence-corrected chi connectivity index (χ4v) is 4.50. The fraction of sp³-hybridized carbons (Fsp3) is 0.0714. The van der Waals surface area contributed by atoms with Gasteiger partial charge in [0.2, 0.25) is 0 Å². The molecule has 1 aliphatic heterocycles. The van der Waals surface area contributed by atoms with E-state index in [0.29, 0.717) is 16.5 Å². The third-order valence-electron chi connectivity index (χ3n) is 6.15. The van der Waals surface area contributed by atoms with Gasteiger partial charge in [-0.05, 0) is 52.7 Å². The van der Waals surface area contributed by atoms with E-state index in [0.717, 1.165) is 34.6 Å². The Morgan fingerprint density at radius 3 is 2.19 bits per heavy atom. The molecule has 36 heavy (non-hydrogen) atoms. The summed E-state index contributed by atoms with van der Waals surface area (Å²) in [5, 5.41) is 22.9. The zero-order chi connectivity index (χ0) is 25.6. The van der Waals surface area contributed by atoms with Crippen molar-refractivity contribution in [2.24, 2.45) is 0 Å². The summed E-state index contributed by atoms with van der Waals surface area (Å²) in [6.07, 6.45) is -4.58. The maximum absolute atomic E-state index is 13.3. The van der Waals surface area contributed by atoms with Crippen molar-refractivity contribution in [2.45, 2.75) is 12.2 Å². The SMILES string of the molecule is O=C1C(=O)N(c2ccc(C(F)(F)F)cc2)C(c2cccc(O)c2)/C1=C(/O)c1cccc2ccccc12. The van der Waals surface area contributed by atoms with Gasteiger partial charge in [0.1, 0.15) is 11.5 Å². The Hall–Kier alpha value is -4.59. The highest BCUT2D eigenvalue weighted by molar-refractivity contribution is 6.51. The molecule has 5 rings (SSSR count). The average Bonchev–Trinajstić information content (AvgIpc) is 3.13. The number of aliphatic hydroxyl groups excluding tert-OH is 1. The summed E-state index contributed by atoms with van der Waals surface area (Å²) < 4.78 is 39.3. The molecule has 0 aliphatic carbocycles. The van der Waals surface area contributed by atoms with Crippen LogP contribution in [-0.2, 0) is 15.8 Å². The lowest BCUT2D eigenvalue weighted by atomic mass is 9.93.